The minimum atomic E-state index is 0.658. The molecule has 1 saturated heterocycles. The lowest BCUT2D eigenvalue weighted by atomic mass is 10.0. The number of aryl methyl sites for hydroxylation is 1. The second-order valence-electron chi connectivity index (χ2n) is 7.44. The van der Waals surface area contributed by atoms with Gasteiger partial charge in [-0.15, -0.1) is 23.5 Å². The molecule has 0 radical (unpaired) electrons. The smallest absolute Gasteiger partial charge is 0.169 e. The first-order valence-electron chi connectivity index (χ1n) is 10.6. The van der Waals surface area contributed by atoms with Crippen LogP contribution in [0.5, 0.6) is 0 Å². The third kappa shape index (κ3) is 8.39. The fourth-order valence-corrected chi connectivity index (χ4v) is 6.65. The van der Waals surface area contributed by atoms with Gasteiger partial charge in [0, 0.05) is 12.1 Å². The largest absolute Gasteiger partial charge is 0.205 e. The number of thioether (sulfide) groups is 2. The lowest BCUT2D eigenvalue weighted by Gasteiger charge is -2.27. The summed E-state index contributed by atoms with van der Waals surface area (Å²) in [4.78, 5) is 0. The first kappa shape index (κ1) is 21.2. The predicted octanol–water partition coefficient (Wildman–Crippen LogP) is 7.01. The molecule has 0 N–H and O–H groups in total. The molecule has 0 bridgehead atoms. The van der Waals surface area contributed by atoms with E-state index in [-0.39, 0.29) is 0 Å². The lowest BCUT2D eigenvalue weighted by Crippen LogP contribution is -2.30. The summed E-state index contributed by atoms with van der Waals surface area (Å²) in [6, 6.07) is 4.63. The molecule has 2 heterocycles. The average Bonchev–Trinajstić information content (AvgIpc) is 2.67. The van der Waals surface area contributed by atoms with E-state index in [4.69, 9.17) is 0 Å². The molecule has 0 atom stereocenters. The van der Waals surface area contributed by atoms with E-state index >= 15 is 0 Å². The molecular formula is C22H38NS2+. The van der Waals surface area contributed by atoms with Crippen molar-refractivity contribution in [2.75, 3.05) is 11.5 Å². The Morgan fingerprint density at radius 2 is 1.40 bits per heavy atom. The second kappa shape index (κ2) is 13.1. The van der Waals surface area contributed by atoms with Crippen molar-refractivity contribution < 1.29 is 4.57 Å². The fraction of sp³-hybridized carbons (Fsp3) is 0.773. The molecule has 2 rings (SSSR count). The Labute approximate surface area is 164 Å². The van der Waals surface area contributed by atoms with Crippen LogP contribution in [0, 0.1) is 5.92 Å². The number of hydrogen-bond donors (Lipinski definition) is 0. The summed E-state index contributed by atoms with van der Waals surface area (Å²) in [6.07, 6.45) is 18.9. The molecule has 1 fully saturated rings. The van der Waals surface area contributed by atoms with Crippen molar-refractivity contribution in [2.24, 2.45) is 5.92 Å². The van der Waals surface area contributed by atoms with Crippen LogP contribution in [-0.2, 0) is 6.54 Å². The maximum atomic E-state index is 2.31. The van der Waals surface area contributed by atoms with E-state index in [0.717, 1.165) is 12.5 Å². The van der Waals surface area contributed by atoms with Gasteiger partial charge in [-0.1, -0.05) is 64.7 Å². The Morgan fingerprint density at radius 3 is 1.96 bits per heavy atom. The van der Waals surface area contributed by atoms with Crippen LogP contribution in [0.3, 0.4) is 0 Å². The van der Waals surface area contributed by atoms with Gasteiger partial charge in [0.2, 0.25) is 0 Å². The molecule has 3 heteroatoms. The van der Waals surface area contributed by atoms with Crippen LogP contribution in [0.2, 0.25) is 0 Å². The van der Waals surface area contributed by atoms with Crippen molar-refractivity contribution >= 4 is 23.5 Å². The first-order chi connectivity index (χ1) is 12.3. The summed E-state index contributed by atoms with van der Waals surface area (Å²) in [5, 5.41) is 0. The summed E-state index contributed by atoms with van der Waals surface area (Å²) in [5.41, 5.74) is 1.50. The molecule has 142 valence electrons. The highest BCUT2D eigenvalue weighted by molar-refractivity contribution is 8.16. The van der Waals surface area contributed by atoms with Gasteiger partial charge in [0.05, 0.1) is 4.58 Å². The van der Waals surface area contributed by atoms with E-state index in [1.807, 2.05) is 0 Å². The van der Waals surface area contributed by atoms with Gasteiger partial charge in [-0.25, -0.2) is 4.57 Å². The topological polar surface area (TPSA) is 3.88 Å². The van der Waals surface area contributed by atoms with Gasteiger partial charge in [0.25, 0.3) is 0 Å². The maximum Gasteiger partial charge on any atom is 0.169 e. The van der Waals surface area contributed by atoms with Crippen molar-refractivity contribution in [3.8, 4) is 0 Å². The fourth-order valence-electron chi connectivity index (χ4n) is 3.48. The highest BCUT2D eigenvalue weighted by Crippen LogP contribution is 2.46. The third-order valence-electron chi connectivity index (χ3n) is 5.24. The summed E-state index contributed by atoms with van der Waals surface area (Å²) >= 11 is 4.34. The van der Waals surface area contributed by atoms with Crippen LogP contribution in [0.1, 0.15) is 88.2 Å². The molecule has 0 saturated carbocycles. The van der Waals surface area contributed by atoms with Crippen molar-refractivity contribution in [1.82, 2.24) is 0 Å². The molecule has 0 aromatic carbocycles. The van der Waals surface area contributed by atoms with Crippen molar-refractivity contribution in [2.45, 2.75) is 89.2 Å². The molecule has 1 aliphatic rings. The van der Waals surface area contributed by atoms with E-state index in [2.05, 4.69) is 66.5 Å². The van der Waals surface area contributed by atoms with Gasteiger partial charge >= 0.3 is 0 Å². The molecule has 25 heavy (non-hydrogen) atoms. The molecular weight excluding hydrogens is 342 g/mol. The van der Waals surface area contributed by atoms with Crippen LogP contribution in [0.4, 0.5) is 0 Å². The normalized spacial score (nSPS) is 20.7. The molecule has 1 aliphatic heterocycles. The Hall–Kier alpha value is -0.150. The SMILES string of the molecule is CCCCCCCCCCCC1CSC(c2cc[n+](CC)cc2)SC1. The maximum absolute atomic E-state index is 2.31. The van der Waals surface area contributed by atoms with E-state index in [1.165, 1.54) is 81.3 Å². The zero-order chi connectivity index (χ0) is 17.7. The van der Waals surface area contributed by atoms with Crippen LogP contribution < -0.4 is 4.57 Å². The molecule has 1 aromatic heterocycles. The Bertz CT molecular complexity index is 438. The van der Waals surface area contributed by atoms with Gasteiger partial charge in [0.1, 0.15) is 6.54 Å². The number of rotatable bonds is 12. The molecule has 0 spiro atoms. The van der Waals surface area contributed by atoms with E-state index < -0.39 is 0 Å². The molecule has 1 aromatic rings. The van der Waals surface area contributed by atoms with Gasteiger partial charge in [-0.2, -0.15) is 0 Å². The monoisotopic (exact) mass is 380 g/mol. The molecule has 0 unspecified atom stereocenters. The second-order valence-corrected chi connectivity index (χ2v) is 10.0. The quantitative estimate of drug-likeness (QED) is 0.283. The van der Waals surface area contributed by atoms with Gasteiger partial charge < -0.3 is 0 Å². The highest BCUT2D eigenvalue weighted by atomic mass is 32.2. The summed E-state index contributed by atoms with van der Waals surface area (Å²) < 4.78 is 2.90. The van der Waals surface area contributed by atoms with Crippen LogP contribution in [0.25, 0.3) is 0 Å². The van der Waals surface area contributed by atoms with Gasteiger partial charge in [0.15, 0.2) is 12.4 Å². The van der Waals surface area contributed by atoms with Crippen LogP contribution >= 0.6 is 23.5 Å². The summed E-state index contributed by atoms with van der Waals surface area (Å²) in [7, 11) is 0. The number of nitrogens with zero attached hydrogens (tertiary/aromatic N) is 1. The minimum absolute atomic E-state index is 0.658. The molecule has 1 nitrogen and oxygen atoms in total. The summed E-state index contributed by atoms with van der Waals surface area (Å²) in [6.45, 7) is 5.55. The van der Waals surface area contributed by atoms with Crippen molar-refractivity contribution in [3.63, 3.8) is 0 Å². The van der Waals surface area contributed by atoms with Gasteiger partial charge in [-0.3, -0.25) is 0 Å². The van der Waals surface area contributed by atoms with Crippen molar-refractivity contribution in [3.05, 3.63) is 30.1 Å². The Kier molecular flexibility index (Phi) is 11.1. The van der Waals surface area contributed by atoms with Gasteiger partial charge in [-0.05, 0) is 36.3 Å². The van der Waals surface area contributed by atoms with E-state index in [1.54, 1.807) is 0 Å². The number of aromatic nitrogens is 1. The predicted molar refractivity (Wildman–Crippen MR) is 115 cm³/mol. The van der Waals surface area contributed by atoms with Crippen LogP contribution in [-0.4, -0.2) is 11.5 Å². The molecule has 0 aliphatic carbocycles. The standard InChI is InChI=1S/C22H38NS2/c1-3-5-6-7-8-9-10-11-12-13-20-18-24-22(25-19-20)21-14-16-23(4-2)17-15-21/h14-17,20,22H,3-13,18-19H2,1-2H3/q+1. The number of pyridine rings is 1. The average molecular weight is 381 g/mol. The first-order valence-corrected chi connectivity index (χ1v) is 12.7. The Balaban J connectivity index is 1.50. The number of unbranched alkanes of at least 4 members (excludes halogenated alkanes) is 8. The minimum Gasteiger partial charge on any atom is -0.205 e. The van der Waals surface area contributed by atoms with E-state index in [0.29, 0.717) is 4.58 Å². The zero-order valence-electron chi connectivity index (χ0n) is 16.4. The highest BCUT2D eigenvalue weighted by Gasteiger charge is 2.23. The summed E-state index contributed by atoms with van der Waals surface area (Å²) in [5.74, 6) is 3.66. The number of hydrogen-bond acceptors (Lipinski definition) is 2. The van der Waals surface area contributed by atoms with Crippen molar-refractivity contribution in [1.29, 1.82) is 0 Å². The zero-order valence-corrected chi connectivity index (χ0v) is 18.1. The third-order valence-corrected chi connectivity index (χ3v) is 8.53. The molecule has 0 amide bonds. The van der Waals surface area contributed by atoms with Crippen LogP contribution in [0.15, 0.2) is 24.5 Å². The van der Waals surface area contributed by atoms with E-state index in [9.17, 15) is 0 Å². The Morgan fingerprint density at radius 1 is 0.840 bits per heavy atom. The lowest BCUT2D eigenvalue weighted by molar-refractivity contribution is -0.693.